The Balaban J connectivity index is 2.39. The molecule has 1 N–H and O–H groups in total. The van der Waals surface area contributed by atoms with Gasteiger partial charge in [0.15, 0.2) is 0 Å². The lowest BCUT2D eigenvalue weighted by molar-refractivity contribution is 0.183. The largest absolute Gasteiger partial charge is 0.496 e. The summed E-state index contributed by atoms with van der Waals surface area (Å²) in [6.07, 6.45) is 2.38. The minimum Gasteiger partial charge on any atom is -0.496 e. The van der Waals surface area contributed by atoms with Crippen molar-refractivity contribution in [3.63, 3.8) is 0 Å². The van der Waals surface area contributed by atoms with Crippen LogP contribution in [0.3, 0.4) is 0 Å². The molecule has 18 heavy (non-hydrogen) atoms. The van der Waals surface area contributed by atoms with Gasteiger partial charge in [-0.25, -0.2) is 0 Å². The van der Waals surface area contributed by atoms with Crippen molar-refractivity contribution >= 4 is 11.6 Å². The Bertz CT molecular complexity index is 403. The fraction of sp³-hybridized carbons (Fsp3) is 0.571. The highest BCUT2D eigenvalue weighted by Crippen LogP contribution is 2.36. The maximum absolute atomic E-state index is 6.12. The number of hydrogen-bond acceptors (Lipinski definition) is 3. The molecule has 1 aromatic carbocycles. The first kappa shape index (κ1) is 13.7. The van der Waals surface area contributed by atoms with Gasteiger partial charge in [0, 0.05) is 30.2 Å². The minimum absolute atomic E-state index is 0.483. The van der Waals surface area contributed by atoms with E-state index >= 15 is 0 Å². The van der Waals surface area contributed by atoms with E-state index in [9.17, 15) is 0 Å². The first-order valence-corrected chi connectivity index (χ1v) is 6.70. The second-order valence-corrected chi connectivity index (χ2v) is 5.09. The van der Waals surface area contributed by atoms with Crippen LogP contribution < -0.4 is 10.1 Å². The van der Waals surface area contributed by atoms with E-state index in [1.54, 1.807) is 14.2 Å². The van der Waals surface area contributed by atoms with Crippen molar-refractivity contribution in [2.75, 3.05) is 27.3 Å². The lowest BCUT2D eigenvalue weighted by Crippen LogP contribution is -2.29. The van der Waals surface area contributed by atoms with Crippen LogP contribution >= 0.6 is 11.6 Å². The molecule has 3 nitrogen and oxygen atoms in total. The van der Waals surface area contributed by atoms with Crippen molar-refractivity contribution in [3.8, 4) is 5.75 Å². The Labute approximate surface area is 113 Å². The maximum atomic E-state index is 6.12. The number of ether oxygens (including phenoxy) is 2. The SMILES string of the molecule is COCc1cc(Cl)cc(OC)c1C1CCCNC1. The van der Waals surface area contributed by atoms with Crippen molar-refractivity contribution in [3.05, 3.63) is 28.3 Å². The number of hydrogen-bond donors (Lipinski definition) is 1. The second kappa shape index (κ2) is 6.41. The van der Waals surface area contributed by atoms with Gasteiger partial charge < -0.3 is 14.8 Å². The summed E-state index contributed by atoms with van der Waals surface area (Å²) in [4.78, 5) is 0. The molecule has 1 aliphatic heterocycles. The Morgan fingerprint density at radius 2 is 2.22 bits per heavy atom. The van der Waals surface area contributed by atoms with Crippen molar-refractivity contribution in [2.24, 2.45) is 0 Å². The van der Waals surface area contributed by atoms with E-state index in [4.69, 9.17) is 21.1 Å². The van der Waals surface area contributed by atoms with Gasteiger partial charge in [-0.2, -0.15) is 0 Å². The zero-order chi connectivity index (χ0) is 13.0. The highest BCUT2D eigenvalue weighted by atomic mass is 35.5. The molecule has 1 aromatic rings. The summed E-state index contributed by atoms with van der Waals surface area (Å²) >= 11 is 6.12. The van der Waals surface area contributed by atoms with Gasteiger partial charge in [0.05, 0.1) is 13.7 Å². The molecule has 0 aliphatic carbocycles. The normalized spacial score (nSPS) is 19.8. The molecule has 0 bridgehead atoms. The molecular weight excluding hydrogens is 250 g/mol. The lowest BCUT2D eigenvalue weighted by atomic mass is 9.87. The molecule has 1 saturated heterocycles. The summed E-state index contributed by atoms with van der Waals surface area (Å²) in [6, 6.07) is 3.88. The Hall–Kier alpha value is -0.770. The summed E-state index contributed by atoms with van der Waals surface area (Å²) in [5.74, 6) is 1.36. The van der Waals surface area contributed by atoms with Crippen LogP contribution in [-0.4, -0.2) is 27.3 Å². The quantitative estimate of drug-likeness (QED) is 0.912. The van der Waals surface area contributed by atoms with Crippen molar-refractivity contribution in [2.45, 2.75) is 25.4 Å². The molecule has 1 atom stereocenters. The topological polar surface area (TPSA) is 30.5 Å². The minimum atomic E-state index is 0.483. The number of halogens is 1. The van der Waals surface area contributed by atoms with Crippen LogP contribution in [0.4, 0.5) is 0 Å². The predicted molar refractivity (Wildman–Crippen MR) is 73.6 cm³/mol. The third-order valence-electron chi connectivity index (χ3n) is 3.42. The number of rotatable bonds is 4. The summed E-state index contributed by atoms with van der Waals surface area (Å²) in [6.45, 7) is 2.67. The molecule has 1 aliphatic rings. The van der Waals surface area contributed by atoms with Gasteiger partial charge in [0.2, 0.25) is 0 Å². The van der Waals surface area contributed by atoms with Gasteiger partial charge in [-0.05, 0) is 37.1 Å². The van der Waals surface area contributed by atoms with Crippen molar-refractivity contribution in [1.29, 1.82) is 0 Å². The van der Waals surface area contributed by atoms with Crippen LogP contribution in [0.15, 0.2) is 12.1 Å². The van der Waals surface area contributed by atoms with Crippen LogP contribution in [0.5, 0.6) is 5.75 Å². The first-order chi connectivity index (χ1) is 8.76. The molecule has 0 radical (unpaired) electrons. The molecule has 0 spiro atoms. The average molecular weight is 270 g/mol. The zero-order valence-corrected chi connectivity index (χ0v) is 11.7. The van der Waals surface area contributed by atoms with E-state index < -0.39 is 0 Å². The molecule has 0 aromatic heterocycles. The van der Waals surface area contributed by atoms with Crippen LogP contribution in [0.1, 0.15) is 29.9 Å². The summed E-state index contributed by atoms with van der Waals surface area (Å²) in [7, 11) is 3.40. The molecule has 1 unspecified atom stereocenters. The molecule has 0 saturated carbocycles. The highest BCUT2D eigenvalue weighted by molar-refractivity contribution is 6.30. The van der Waals surface area contributed by atoms with Crippen molar-refractivity contribution in [1.82, 2.24) is 5.32 Å². The van der Waals surface area contributed by atoms with Gasteiger partial charge in [-0.15, -0.1) is 0 Å². The Morgan fingerprint density at radius 1 is 1.39 bits per heavy atom. The fourth-order valence-electron chi connectivity index (χ4n) is 2.65. The Kier molecular flexibility index (Phi) is 4.87. The standard InChI is InChI=1S/C14H20ClNO2/c1-17-9-11-6-12(15)7-13(18-2)14(11)10-4-3-5-16-8-10/h6-7,10,16H,3-5,8-9H2,1-2H3. The van der Waals surface area contributed by atoms with E-state index in [1.165, 1.54) is 18.4 Å². The summed E-state index contributed by atoms with van der Waals surface area (Å²) in [5.41, 5.74) is 2.38. The van der Waals surface area contributed by atoms with Gasteiger partial charge in [0.1, 0.15) is 5.75 Å². The highest BCUT2D eigenvalue weighted by Gasteiger charge is 2.22. The number of methoxy groups -OCH3 is 2. The van der Waals surface area contributed by atoms with Gasteiger partial charge in [-0.1, -0.05) is 11.6 Å². The van der Waals surface area contributed by atoms with Crippen molar-refractivity contribution < 1.29 is 9.47 Å². The maximum Gasteiger partial charge on any atom is 0.124 e. The molecule has 1 fully saturated rings. The fourth-order valence-corrected chi connectivity index (χ4v) is 2.88. The monoisotopic (exact) mass is 269 g/mol. The first-order valence-electron chi connectivity index (χ1n) is 6.32. The molecular formula is C14H20ClNO2. The van der Waals surface area contributed by atoms with Gasteiger partial charge in [-0.3, -0.25) is 0 Å². The molecule has 1 heterocycles. The third-order valence-corrected chi connectivity index (χ3v) is 3.64. The molecule has 0 amide bonds. The Morgan fingerprint density at radius 3 is 2.83 bits per heavy atom. The predicted octanol–water partition coefficient (Wildman–Crippen LogP) is 2.96. The van der Waals surface area contributed by atoms with Crippen LogP contribution in [-0.2, 0) is 11.3 Å². The smallest absolute Gasteiger partial charge is 0.124 e. The zero-order valence-electron chi connectivity index (χ0n) is 11.0. The van der Waals surface area contributed by atoms with Crippen LogP contribution in [0.25, 0.3) is 0 Å². The van der Waals surface area contributed by atoms with Crippen LogP contribution in [0, 0.1) is 0 Å². The summed E-state index contributed by atoms with van der Waals surface area (Å²) in [5, 5.41) is 4.14. The lowest BCUT2D eigenvalue weighted by Gasteiger charge is -2.27. The number of benzene rings is 1. The number of piperidine rings is 1. The second-order valence-electron chi connectivity index (χ2n) is 4.66. The van der Waals surface area contributed by atoms with E-state index in [0.29, 0.717) is 17.5 Å². The summed E-state index contributed by atoms with van der Waals surface area (Å²) < 4.78 is 10.8. The average Bonchev–Trinajstić information content (AvgIpc) is 2.39. The molecule has 4 heteroatoms. The molecule has 2 rings (SSSR count). The molecule has 100 valence electrons. The third kappa shape index (κ3) is 2.97. The van der Waals surface area contributed by atoms with E-state index in [-0.39, 0.29) is 0 Å². The van der Waals surface area contributed by atoms with Gasteiger partial charge >= 0.3 is 0 Å². The number of nitrogens with one attached hydrogen (secondary N) is 1. The van der Waals surface area contributed by atoms with Gasteiger partial charge in [0.25, 0.3) is 0 Å². The van der Waals surface area contributed by atoms with E-state index in [2.05, 4.69) is 5.32 Å². The van der Waals surface area contributed by atoms with E-state index in [0.717, 1.165) is 24.4 Å². The van der Waals surface area contributed by atoms with Crippen LogP contribution in [0.2, 0.25) is 5.02 Å². The van der Waals surface area contributed by atoms with E-state index in [1.807, 2.05) is 12.1 Å².